The zero-order valence-electron chi connectivity index (χ0n) is 7.99. The molecule has 13 heavy (non-hydrogen) atoms. The van der Waals surface area contributed by atoms with Gasteiger partial charge in [-0.2, -0.15) is 0 Å². The van der Waals surface area contributed by atoms with Gasteiger partial charge in [-0.1, -0.05) is 6.92 Å². The Morgan fingerprint density at radius 3 is 2.62 bits per heavy atom. The van der Waals surface area contributed by atoms with Gasteiger partial charge in [0.25, 0.3) is 0 Å². The first-order valence-corrected chi connectivity index (χ1v) is 5.00. The molecular formula is C10H16O3. The lowest BCUT2D eigenvalue weighted by Crippen LogP contribution is -2.35. The van der Waals surface area contributed by atoms with Crippen LogP contribution in [0, 0.1) is 5.92 Å². The summed E-state index contributed by atoms with van der Waals surface area (Å²) in [5.41, 5.74) is 0. The van der Waals surface area contributed by atoms with E-state index in [9.17, 15) is 4.79 Å². The second-order valence-corrected chi connectivity index (χ2v) is 4.16. The molecule has 3 atom stereocenters. The van der Waals surface area contributed by atoms with Crippen molar-refractivity contribution >= 4 is 5.78 Å². The second-order valence-electron chi connectivity index (χ2n) is 4.16. The van der Waals surface area contributed by atoms with Crippen LogP contribution in [-0.2, 0) is 14.3 Å². The van der Waals surface area contributed by atoms with Crippen molar-refractivity contribution in [3.8, 4) is 0 Å². The van der Waals surface area contributed by atoms with Crippen LogP contribution in [0.3, 0.4) is 0 Å². The van der Waals surface area contributed by atoms with Crippen molar-refractivity contribution in [1.82, 2.24) is 0 Å². The van der Waals surface area contributed by atoms with Gasteiger partial charge in [-0.15, -0.1) is 0 Å². The van der Waals surface area contributed by atoms with E-state index < -0.39 is 0 Å². The molecule has 1 saturated carbocycles. The van der Waals surface area contributed by atoms with Gasteiger partial charge in [0.05, 0.1) is 12.2 Å². The Morgan fingerprint density at radius 1 is 1.15 bits per heavy atom. The highest BCUT2D eigenvalue weighted by Gasteiger charge is 2.32. The van der Waals surface area contributed by atoms with Gasteiger partial charge in [-0.25, -0.2) is 0 Å². The summed E-state index contributed by atoms with van der Waals surface area (Å²) in [5, 5.41) is 0. The molecule has 1 aliphatic heterocycles. The number of ketones is 1. The highest BCUT2D eigenvalue weighted by atomic mass is 16.6. The van der Waals surface area contributed by atoms with Crippen molar-refractivity contribution in [1.29, 1.82) is 0 Å². The van der Waals surface area contributed by atoms with Crippen LogP contribution >= 0.6 is 0 Å². The Morgan fingerprint density at radius 2 is 1.85 bits per heavy atom. The Hall–Kier alpha value is -0.410. The van der Waals surface area contributed by atoms with Crippen molar-refractivity contribution in [2.45, 2.75) is 38.4 Å². The molecule has 0 amide bonds. The molecule has 1 saturated heterocycles. The van der Waals surface area contributed by atoms with Crippen LogP contribution in [0.2, 0.25) is 0 Å². The van der Waals surface area contributed by atoms with Gasteiger partial charge < -0.3 is 9.47 Å². The van der Waals surface area contributed by atoms with Crippen molar-refractivity contribution in [3.05, 3.63) is 0 Å². The number of fused-ring (bicyclic) bond motifs is 1. The van der Waals surface area contributed by atoms with E-state index in [0.717, 1.165) is 12.8 Å². The lowest BCUT2D eigenvalue weighted by molar-refractivity contribution is -0.124. The maximum atomic E-state index is 11.1. The first-order chi connectivity index (χ1) is 6.25. The zero-order chi connectivity index (χ0) is 9.26. The van der Waals surface area contributed by atoms with Crippen LogP contribution in [0.4, 0.5) is 0 Å². The second kappa shape index (κ2) is 3.76. The summed E-state index contributed by atoms with van der Waals surface area (Å²) in [4.78, 5) is 11.1. The lowest BCUT2D eigenvalue weighted by Gasteiger charge is -2.32. The normalized spacial score (nSPS) is 41.0. The van der Waals surface area contributed by atoms with E-state index in [2.05, 4.69) is 6.92 Å². The topological polar surface area (TPSA) is 35.5 Å². The quantitative estimate of drug-likeness (QED) is 0.566. The zero-order valence-corrected chi connectivity index (χ0v) is 7.99. The first kappa shape index (κ1) is 9.16. The predicted octanol–water partition coefficient (Wildman–Crippen LogP) is 1.16. The number of Topliss-reactive ketones (excluding diaryl/α,β-unsaturated/α-hetero) is 1. The first-order valence-electron chi connectivity index (χ1n) is 5.00. The lowest BCUT2D eigenvalue weighted by atomic mass is 9.86. The molecule has 0 N–H and O–H groups in total. The molecule has 0 aromatic carbocycles. The maximum absolute atomic E-state index is 11.1. The number of hydrogen-bond donors (Lipinski definition) is 0. The fourth-order valence-electron chi connectivity index (χ4n) is 2.11. The van der Waals surface area contributed by atoms with E-state index in [-0.39, 0.29) is 31.2 Å². The molecule has 0 bridgehead atoms. The molecule has 3 heteroatoms. The van der Waals surface area contributed by atoms with Crippen LogP contribution < -0.4 is 0 Å². The number of hydrogen-bond acceptors (Lipinski definition) is 3. The molecule has 1 aliphatic carbocycles. The van der Waals surface area contributed by atoms with Gasteiger partial charge in [-0.3, -0.25) is 4.79 Å². The van der Waals surface area contributed by atoms with E-state index in [4.69, 9.17) is 9.47 Å². The summed E-state index contributed by atoms with van der Waals surface area (Å²) in [6.07, 6.45) is 3.60. The van der Waals surface area contributed by atoms with Gasteiger partial charge in [0.1, 0.15) is 13.2 Å². The van der Waals surface area contributed by atoms with Gasteiger partial charge in [0.2, 0.25) is 0 Å². The molecule has 3 nitrogen and oxygen atoms in total. The third kappa shape index (κ3) is 2.09. The Bertz CT molecular complexity index is 202. The molecular weight excluding hydrogens is 168 g/mol. The number of rotatable bonds is 0. The fraction of sp³-hybridized carbons (Fsp3) is 0.900. The average molecular weight is 184 g/mol. The Kier molecular flexibility index (Phi) is 2.65. The minimum atomic E-state index is 0.0713. The van der Waals surface area contributed by atoms with Gasteiger partial charge >= 0.3 is 0 Å². The van der Waals surface area contributed by atoms with E-state index in [1.54, 1.807) is 0 Å². The number of ether oxygens (including phenoxy) is 2. The van der Waals surface area contributed by atoms with E-state index in [1.807, 2.05) is 0 Å². The monoisotopic (exact) mass is 184 g/mol. The van der Waals surface area contributed by atoms with E-state index in [0.29, 0.717) is 5.92 Å². The fourth-order valence-corrected chi connectivity index (χ4v) is 2.11. The molecule has 0 unspecified atom stereocenters. The molecule has 1 heterocycles. The Balaban J connectivity index is 1.99. The molecule has 74 valence electrons. The van der Waals surface area contributed by atoms with Crippen molar-refractivity contribution < 1.29 is 14.3 Å². The summed E-state index contributed by atoms with van der Waals surface area (Å²) in [7, 11) is 0. The standard InChI is InChI=1S/C10H16O3/c1-7-2-3-9-10(4-7)13-6-8(11)5-12-9/h7,9-10H,2-6H2,1H3/t7-,9+,10-/m1/s1. The van der Waals surface area contributed by atoms with Crippen molar-refractivity contribution in [3.63, 3.8) is 0 Å². The third-order valence-corrected chi connectivity index (χ3v) is 2.91. The van der Waals surface area contributed by atoms with Crippen LogP contribution in [0.15, 0.2) is 0 Å². The minimum absolute atomic E-state index is 0.0713. The highest BCUT2D eigenvalue weighted by molar-refractivity contribution is 5.81. The van der Waals surface area contributed by atoms with Gasteiger partial charge in [0.15, 0.2) is 5.78 Å². The third-order valence-electron chi connectivity index (χ3n) is 2.91. The summed E-state index contributed by atoms with van der Waals surface area (Å²) >= 11 is 0. The van der Waals surface area contributed by atoms with Crippen LogP contribution in [-0.4, -0.2) is 31.2 Å². The van der Waals surface area contributed by atoms with Crippen LogP contribution in [0.1, 0.15) is 26.2 Å². The highest BCUT2D eigenvalue weighted by Crippen LogP contribution is 2.29. The number of carbonyl (C=O) groups is 1. The average Bonchev–Trinajstić information content (AvgIpc) is 2.29. The van der Waals surface area contributed by atoms with Gasteiger partial charge in [-0.05, 0) is 25.2 Å². The SMILES string of the molecule is C[C@@H]1CC[C@@H]2OCC(=O)CO[C@@H]2C1. The molecule has 2 rings (SSSR count). The maximum Gasteiger partial charge on any atom is 0.184 e. The molecule has 0 spiro atoms. The molecule has 2 aliphatic rings. The number of carbonyl (C=O) groups excluding carboxylic acids is 1. The van der Waals surface area contributed by atoms with Crippen LogP contribution in [0.25, 0.3) is 0 Å². The predicted molar refractivity (Wildman–Crippen MR) is 47.5 cm³/mol. The van der Waals surface area contributed by atoms with Crippen LogP contribution in [0.5, 0.6) is 0 Å². The summed E-state index contributed by atoms with van der Waals surface area (Å²) in [6.45, 7) is 2.72. The smallest absolute Gasteiger partial charge is 0.184 e. The summed E-state index contributed by atoms with van der Waals surface area (Å²) < 4.78 is 11.0. The van der Waals surface area contributed by atoms with E-state index >= 15 is 0 Å². The molecule has 0 aromatic rings. The van der Waals surface area contributed by atoms with Crippen molar-refractivity contribution in [2.24, 2.45) is 5.92 Å². The molecule has 0 radical (unpaired) electrons. The summed E-state index contributed by atoms with van der Waals surface area (Å²) in [6, 6.07) is 0. The summed E-state index contributed by atoms with van der Waals surface area (Å²) in [5.74, 6) is 0.778. The molecule has 0 aromatic heterocycles. The van der Waals surface area contributed by atoms with E-state index in [1.165, 1.54) is 6.42 Å². The Labute approximate surface area is 78.4 Å². The van der Waals surface area contributed by atoms with Crippen molar-refractivity contribution in [2.75, 3.05) is 13.2 Å². The largest absolute Gasteiger partial charge is 0.368 e. The molecule has 2 fully saturated rings. The minimum Gasteiger partial charge on any atom is -0.368 e. The van der Waals surface area contributed by atoms with Gasteiger partial charge in [0, 0.05) is 0 Å².